The Morgan fingerprint density at radius 3 is 1.71 bits per heavy atom. The molecule has 0 heterocycles. The van der Waals surface area contributed by atoms with E-state index in [1.54, 1.807) is 11.8 Å². The molecule has 0 rings (SSSR count). The summed E-state index contributed by atoms with van der Waals surface area (Å²) in [5.74, 6) is -0.0470. The molecule has 0 aromatic heterocycles. The number of carboxylic acids is 1. The van der Waals surface area contributed by atoms with Gasteiger partial charge in [-0.15, -0.1) is 0 Å². The van der Waals surface area contributed by atoms with Gasteiger partial charge in [-0.25, -0.2) is 0 Å². The van der Waals surface area contributed by atoms with Crippen molar-refractivity contribution in [2.45, 2.75) is 117 Å². The lowest BCUT2D eigenvalue weighted by Crippen LogP contribution is -2.44. The van der Waals surface area contributed by atoms with Crippen LogP contribution in [0.2, 0.25) is 0 Å². The van der Waals surface area contributed by atoms with Gasteiger partial charge in [0.25, 0.3) is 0 Å². The highest BCUT2D eigenvalue weighted by Gasteiger charge is 2.19. The van der Waals surface area contributed by atoms with Gasteiger partial charge in [-0.1, -0.05) is 90.9 Å². The second kappa shape index (κ2) is 20.7. The Kier molecular flexibility index (Phi) is 20.0. The molecule has 3 N–H and O–H groups in total. The molecular formula is C25H50N2O4. The maximum Gasteiger partial charge on any atom is 0.320 e. The number of carboxylic acid groups (broad SMARTS) is 1. The maximum absolute atomic E-state index is 11.9. The maximum atomic E-state index is 11.9. The molecule has 0 aromatic carbocycles. The highest BCUT2D eigenvalue weighted by Crippen LogP contribution is 2.14. The largest absolute Gasteiger partial charge is 0.480 e. The Morgan fingerprint density at radius 2 is 1.26 bits per heavy atom. The van der Waals surface area contributed by atoms with E-state index >= 15 is 0 Å². The predicted octanol–water partition coefficient (Wildman–Crippen LogP) is 4.99. The Balaban J connectivity index is 3.47. The summed E-state index contributed by atoms with van der Waals surface area (Å²) in [5.41, 5.74) is 0. The molecule has 6 heteroatoms. The molecule has 0 saturated carbocycles. The standard InChI is InChI=1S/C25H50N2O4/c1-22(2)16-14-12-10-8-6-4-5-7-9-11-13-15-17-24(29)26-18-19-27(20-21-28)23(3)25(30)31/h22-23,28H,4-21H2,1-3H3,(H,26,29)(H,30,31). The van der Waals surface area contributed by atoms with Crippen LogP contribution in [0.4, 0.5) is 0 Å². The first kappa shape index (κ1) is 29.9. The second-order valence-electron chi connectivity index (χ2n) is 9.30. The zero-order valence-electron chi connectivity index (χ0n) is 20.5. The lowest BCUT2D eigenvalue weighted by molar-refractivity contribution is -0.142. The highest BCUT2D eigenvalue weighted by atomic mass is 16.4. The van der Waals surface area contributed by atoms with E-state index in [0.717, 1.165) is 18.8 Å². The molecule has 1 unspecified atom stereocenters. The number of unbranched alkanes of at least 4 members (excludes halogenated alkanes) is 11. The summed E-state index contributed by atoms with van der Waals surface area (Å²) < 4.78 is 0. The lowest BCUT2D eigenvalue weighted by Gasteiger charge is -2.25. The lowest BCUT2D eigenvalue weighted by atomic mass is 10.0. The molecule has 0 aliphatic heterocycles. The molecule has 0 fully saturated rings. The fourth-order valence-electron chi connectivity index (χ4n) is 3.82. The number of amides is 1. The van der Waals surface area contributed by atoms with E-state index in [-0.39, 0.29) is 12.5 Å². The van der Waals surface area contributed by atoms with Crippen LogP contribution in [0.15, 0.2) is 0 Å². The fraction of sp³-hybridized carbons (Fsp3) is 0.920. The van der Waals surface area contributed by atoms with Gasteiger partial charge in [0.1, 0.15) is 6.04 Å². The number of aliphatic carboxylic acids is 1. The van der Waals surface area contributed by atoms with Crippen molar-refractivity contribution in [2.24, 2.45) is 5.92 Å². The third-order valence-corrected chi connectivity index (χ3v) is 5.95. The molecule has 0 aliphatic rings. The van der Waals surface area contributed by atoms with Crippen LogP contribution in [0.5, 0.6) is 0 Å². The van der Waals surface area contributed by atoms with Crippen molar-refractivity contribution < 1.29 is 19.8 Å². The minimum Gasteiger partial charge on any atom is -0.480 e. The van der Waals surface area contributed by atoms with E-state index in [0.29, 0.717) is 26.1 Å². The van der Waals surface area contributed by atoms with Gasteiger partial charge in [0.2, 0.25) is 5.91 Å². The molecule has 1 atom stereocenters. The average Bonchev–Trinajstić information content (AvgIpc) is 2.72. The van der Waals surface area contributed by atoms with Crippen LogP contribution in [-0.4, -0.2) is 59.3 Å². The van der Waals surface area contributed by atoms with Gasteiger partial charge in [0.15, 0.2) is 0 Å². The van der Waals surface area contributed by atoms with E-state index in [9.17, 15) is 9.59 Å². The summed E-state index contributed by atoms with van der Waals surface area (Å²) in [7, 11) is 0. The monoisotopic (exact) mass is 442 g/mol. The normalized spacial score (nSPS) is 12.5. The number of nitrogens with zero attached hydrogens (tertiary/aromatic N) is 1. The number of hydrogen-bond donors (Lipinski definition) is 3. The third-order valence-electron chi connectivity index (χ3n) is 5.95. The quantitative estimate of drug-likeness (QED) is 0.206. The van der Waals surface area contributed by atoms with Gasteiger partial charge in [-0.05, 0) is 19.3 Å². The van der Waals surface area contributed by atoms with Crippen LogP contribution in [0, 0.1) is 5.92 Å². The molecule has 184 valence electrons. The molecule has 0 spiro atoms. The summed E-state index contributed by atoms with van der Waals surface area (Å²) in [6.07, 6.45) is 17.3. The van der Waals surface area contributed by atoms with Crippen molar-refractivity contribution >= 4 is 11.9 Å². The zero-order valence-corrected chi connectivity index (χ0v) is 20.5. The van der Waals surface area contributed by atoms with E-state index < -0.39 is 12.0 Å². The van der Waals surface area contributed by atoms with Crippen LogP contribution in [0.1, 0.15) is 111 Å². The van der Waals surface area contributed by atoms with Gasteiger partial charge in [-0.2, -0.15) is 0 Å². The van der Waals surface area contributed by atoms with E-state index in [4.69, 9.17) is 10.2 Å². The Morgan fingerprint density at radius 1 is 0.774 bits per heavy atom. The van der Waals surface area contributed by atoms with Gasteiger partial charge in [0, 0.05) is 26.1 Å². The van der Waals surface area contributed by atoms with Crippen molar-refractivity contribution in [3.63, 3.8) is 0 Å². The van der Waals surface area contributed by atoms with E-state index in [1.807, 2.05) is 0 Å². The van der Waals surface area contributed by atoms with Gasteiger partial charge < -0.3 is 15.5 Å². The number of aliphatic hydroxyl groups excluding tert-OH is 1. The van der Waals surface area contributed by atoms with Crippen LogP contribution in [0.3, 0.4) is 0 Å². The van der Waals surface area contributed by atoms with Gasteiger partial charge in [-0.3, -0.25) is 14.5 Å². The minimum absolute atomic E-state index is 0.0281. The number of carbonyl (C=O) groups is 2. The first-order valence-electron chi connectivity index (χ1n) is 12.7. The van der Waals surface area contributed by atoms with Crippen LogP contribution >= 0.6 is 0 Å². The molecule has 31 heavy (non-hydrogen) atoms. The minimum atomic E-state index is -0.920. The summed E-state index contributed by atoms with van der Waals surface area (Å²) in [6, 6.07) is -0.668. The van der Waals surface area contributed by atoms with Crippen LogP contribution in [-0.2, 0) is 9.59 Å². The topological polar surface area (TPSA) is 89.9 Å². The summed E-state index contributed by atoms with van der Waals surface area (Å²) in [4.78, 5) is 24.7. The number of carbonyl (C=O) groups excluding carboxylic acids is 1. The number of rotatable bonds is 22. The Labute approximate surface area is 191 Å². The van der Waals surface area contributed by atoms with E-state index in [2.05, 4.69) is 19.2 Å². The molecule has 0 aromatic rings. The first-order valence-corrected chi connectivity index (χ1v) is 12.7. The molecule has 0 radical (unpaired) electrons. The van der Waals surface area contributed by atoms with Crippen molar-refractivity contribution in [1.82, 2.24) is 10.2 Å². The number of nitrogens with one attached hydrogen (secondary N) is 1. The molecule has 0 saturated heterocycles. The summed E-state index contributed by atoms with van der Waals surface area (Å²) in [6.45, 7) is 7.24. The number of aliphatic hydroxyl groups is 1. The Bertz CT molecular complexity index is 443. The fourth-order valence-corrected chi connectivity index (χ4v) is 3.82. The van der Waals surface area contributed by atoms with Crippen LogP contribution in [0.25, 0.3) is 0 Å². The van der Waals surface area contributed by atoms with Crippen molar-refractivity contribution in [3.8, 4) is 0 Å². The van der Waals surface area contributed by atoms with Gasteiger partial charge in [0.05, 0.1) is 6.61 Å². The smallest absolute Gasteiger partial charge is 0.320 e. The predicted molar refractivity (Wildman–Crippen MR) is 128 cm³/mol. The molecule has 0 bridgehead atoms. The molecule has 6 nitrogen and oxygen atoms in total. The van der Waals surface area contributed by atoms with Crippen LogP contribution < -0.4 is 5.32 Å². The zero-order chi connectivity index (χ0) is 23.3. The van der Waals surface area contributed by atoms with Crippen molar-refractivity contribution in [3.05, 3.63) is 0 Å². The highest BCUT2D eigenvalue weighted by molar-refractivity contribution is 5.75. The van der Waals surface area contributed by atoms with Gasteiger partial charge >= 0.3 is 5.97 Å². The van der Waals surface area contributed by atoms with Crippen molar-refractivity contribution in [1.29, 1.82) is 0 Å². The van der Waals surface area contributed by atoms with E-state index in [1.165, 1.54) is 70.6 Å². The molecule has 0 aliphatic carbocycles. The average molecular weight is 443 g/mol. The second-order valence-corrected chi connectivity index (χ2v) is 9.30. The Hall–Kier alpha value is -1.14. The molecular weight excluding hydrogens is 392 g/mol. The summed E-state index contributed by atoms with van der Waals surface area (Å²) in [5, 5.41) is 21.0. The number of hydrogen-bond acceptors (Lipinski definition) is 4. The third kappa shape index (κ3) is 19.3. The summed E-state index contributed by atoms with van der Waals surface area (Å²) >= 11 is 0. The first-order chi connectivity index (χ1) is 14.9. The molecule has 1 amide bonds. The van der Waals surface area contributed by atoms with Crippen molar-refractivity contribution in [2.75, 3.05) is 26.2 Å². The SMILES string of the molecule is CC(C)CCCCCCCCCCCCCCC(=O)NCCN(CCO)C(C)C(=O)O.